The maximum absolute atomic E-state index is 11.7. The summed E-state index contributed by atoms with van der Waals surface area (Å²) in [6.07, 6.45) is 0.719. The standard InChI is InChI=1S/C15H23ClN2O3/c1-3-6-11(19)9-17-15(20)18-10-14(21-2)12-7-4-5-8-13(12)16/h4-5,7-8,11,14,19H,3,6,9-10H2,1-2H3,(H2,17,18,20). The fourth-order valence-electron chi connectivity index (χ4n) is 1.95. The predicted octanol–water partition coefficient (Wildman–Crippen LogP) is 2.49. The Hall–Kier alpha value is -1.30. The van der Waals surface area contributed by atoms with Gasteiger partial charge in [0.1, 0.15) is 6.10 Å². The van der Waals surface area contributed by atoms with Crippen LogP contribution < -0.4 is 10.6 Å². The SMILES string of the molecule is CCCC(O)CNC(=O)NCC(OC)c1ccccc1Cl. The van der Waals surface area contributed by atoms with Crippen molar-refractivity contribution in [1.82, 2.24) is 10.6 Å². The molecule has 0 saturated heterocycles. The summed E-state index contributed by atoms with van der Waals surface area (Å²) in [4.78, 5) is 11.7. The number of nitrogens with one attached hydrogen (secondary N) is 2. The van der Waals surface area contributed by atoms with Gasteiger partial charge in [0.15, 0.2) is 0 Å². The molecule has 3 N–H and O–H groups in total. The van der Waals surface area contributed by atoms with Crippen molar-refractivity contribution in [2.24, 2.45) is 0 Å². The molecule has 0 saturated carbocycles. The molecule has 118 valence electrons. The van der Waals surface area contributed by atoms with Crippen LogP contribution in [0.15, 0.2) is 24.3 Å². The minimum Gasteiger partial charge on any atom is -0.391 e. The van der Waals surface area contributed by atoms with Crippen LogP contribution in [-0.2, 0) is 4.74 Å². The van der Waals surface area contributed by atoms with Gasteiger partial charge in [-0.1, -0.05) is 43.1 Å². The van der Waals surface area contributed by atoms with Gasteiger partial charge in [-0.3, -0.25) is 0 Å². The first-order valence-corrected chi connectivity index (χ1v) is 7.43. The van der Waals surface area contributed by atoms with Gasteiger partial charge in [0, 0.05) is 30.8 Å². The highest BCUT2D eigenvalue weighted by molar-refractivity contribution is 6.31. The van der Waals surface area contributed by atoms with Gasteiger partial charge in [-0.05, 0) is 12.5 Å². The van der Waals surface area contributed by atoms with Crippen molar-refractivity contribution in [2.45, 2.75) is 32.0 Å². The van der Waals surface area contributed by atoms with Gasteiger partial charge in [-0.25, -0.2) is 4.79 Å². The lowest BCUT2D eigenvalue weighted by Crippen LogP contribution is -2.41. The average molecular weight is 315 g/mol. The summed E-state index contributed by atoms with van der Waals surface area (Å²) in [5, 5.41) is 15.5. The van der Waals surface area contributed by atoms with E-state index >= 15 is 0 Å². The van der Waals surface area contributed by atoms with E-state index in [-0.39, 0.29) is 18.7 Å². The maximum atomic E-state index is 11.7. The van der Waals surface area contributed by atoms with Gasteiger partial charge in [0.25, 0.3) is 0 Å². The van der Waals surface area contributed by atoms with Crippen LogP contribution in [0.25, 0.3) is 0 Å². The molecule has 21 heavy (non-hydrogen) atoms. The second-order valence-electron chi connectivity index (χ2n) is 4.78. The fourth-order valence-corrected chi connectivity index (χ4v) is 2.21. The molecular formula is C15H23ClN2O3. The van der Waals surface area contributed by atoms with E-state index in [9.17, 15) is 9.90 Å². The fraction of sp³-hybridized carbons (Fsp3) is 0.533. The molecule has 0 fully saturated rings. The van der Waals surface area contributed by atoms with Gasteiger partial charge in [0.2, 0.25) is 0 Å². The highest BCUT2D eigenvalue weighted by Gasteiger charge is 2.15. The van der Waals surface area contributed by atoms with Crippen molar-refractivity contribution in [3.63, 3.8) is 0 Å². The van der Waals surface area contributed by atoms with Crippen molar-refractivity contribution in [3.05, 3.63) is 34.9 Å². The number of urea groups is 1. The smallest absolute Gasteiger partial charge is 0.314 e. The lowest BCUT2D eigenvalue weighted by molar-refractivity contribution is 0.103. The van der Waals surface area contributed by atoms with E-state index in [4.69, 9.17) is 16.3 Å². The summed E-state index contributed by atoms with van der Waals surface area (Å²) in [6, 6.07) is 7.02. The van der Waals surface area contributed by atoms with E-state index in [0.29, 0.717) is 18.0 Å². The quantitative estimate of drug-likeness (QED) is 0.690. The van der Waals surface area contributed by atoms with Crippen LogP contribution in [-0.4, -0.2) is 37.4 Å². The molecule has 0 bridgehead atoms. The molecule has 5 nitrogen and oxygen atoms in total. The molecule has 2 amide bonds. The second-order valence-corrected chi connectivity index (χ2v) is 5.19. The maximum Gasteiger partial charge on any atom is 0.314 e. The summed E-state index contributed by atoms with van der Waals surface area (Å²) in [5.74, 6) is 0. The number of hydrogen-bond donors (Lipinski definition) is 3. The first-order valence-electron chi connectivity index (χ1n) is 7.05. The molecule has 0 radical (unpaired) electrons. The lowest BCUT2D eigenvalue weighted by atomic mass is 10.1. The van der Waals surface area contributed by atoms with E-state index in [1.54, 1.807) is 13.2 Å². The summed E-state index contributed by atoms with van der Waals surface area (Å²) in [5.41, 5.74) is 0.827. The molecule has 1 rings (SSSR count). The molecule has 0 aliphatic carbocycles. The van der Waals surface area contributed by atoms with E-state index < -0.39 is 6.10 Å². The van der Waals surface area contributed by atoms with Gasteiger partial charge in [-0.2, -0.15) is 0 Å². The third-order valence-electron chi connectivity index (χ3n) is 3.10. The van der Waals surface area contributed by atoms with E-state index in [1.165, 1.54) is 0 Å². The molecule has 0 aromatic heterocycles. The van der Waals surface area contributed by atoms with E-state index in [2.05, 4.69) is 10.6 Å². The van der Waals surface area contributed by atoms with Crippen LogP contribution in [0.5, 0.6) is 0 Å². The number of benzene rings is 1. The molecule has 0 heterocycles. The number of carbonyl (C=O) groups is 1. The number of hydrogen-bond acceptors (Lipinski definition) is 3. The third-order valence-corrected chi connectivity index (χ3v) is 3.45. The number of amides is 2. The molecule has 1 aromatic carbocycles. The zero-order valence-electron chi connectivity index (χ0n) is 12.4. The molecule has 2 atom stereocenters. The highest BCUT2D eigenvalue weighted by Crippen LogP contribution is 2.24. The number of carbonyl (C=O) groups excluding carboxylic acids is 1. The second kappa shape index (κ2) is 9.60. The normalized spacial score (nSPS) is 13.5. The summed E-state index contributed by atoms with van der Waals surface area (Å²) in [6.45, 7) is 2.52. The molecule has 1 aromatic rings. The van der Waals surface area contributed by atoms with Crippen molar-refractivity contribution >= 4 is 17.6 Å². The minimum atomic E-state index is -0.512. The van der Waals surface area contributed by atoms with Crippen molar-refractivity contribution in [2.75, 3.05) is 20.2 Å². The molecule has 0 aliphatic rings. The number of halogens is 1. The van der Waals surface area contributed by atoms with Gasteiger partial charge in [-0.15, -0.1) is 0 Å². The van der Waals surface area contributed by atoms with Crippen LogP contribution in [0.3, 0.4) is 0 Å². The molecule has 6 heteroatoms. The van der Waals surface area contributed by atoms with E-state index in [1.807, 2.05) is 25.1 Å². The van der Waals surface area contributed by atoms with Crippen LogP contribution in [0.1, 0.15) is 31.4 Å². The largest absolute Gasteiger partial charge is 0.391 e. The van der Waals surface area contributed by atoms with Crippen LogP contribution in [0.2, 0.25) is 5.02 Å². The highest BCUT2D eigenvalue weighted by atomic mass is 35.5. The third kappa shape index (κ3) is 6.33. The summed E-state index contributed by atoms with van der Waals surface area (Å²) >= 11 is 6.11. The van der Waals surface area contributed by atoms with Gasteiger partial charge in [0.05, 0.1) is 6.10 Å². The van der Waals surface area contributed by atoms with Crippen molar-refractivity contribution in [3.8, 4) is 0 Å². The van der Waals surface area contributed by atoms with Crippen LogP contribution in [0, 0.1) is 0 Å². The molecule has 0 aliphatic heterocycles. The summed E-state index contributed by atoms with van der Waals surface area (Å²) in [7, 11) is 1.57. The molecule has 2 unspecified atom stereocenters. The van der Waals surface area contributed by atoms with Crippen molar-refractivity contribution < 1.29 is 14.6 Å². The number of methoxy groups -OCH3 is 1. The summed E-state index contributed by atoms with van der Waals surface area (Å²) < 4.78 is 5.36. The Morgan fingerprint density at radius 1 is 1.33 bits per heavy atom. The minimum absolute atomic E-state index is 0.239. The Labute approximate surface area is 130 Å². The monoisotopic (exact) mass is 314 g/mol. The zero-order chi connectivity index (χ0) is 15.7. The van der Waals surface area contributed by atoms with Gasteiger partial charge >= 0.3 is 6.03 Å². The average Bonchev–Trinajstić information content (AvgIpc) is 2.47. The predicted molar refractivity (Wildman–Crippen MR) is 83.5 cm³/mol. The van der Waals surface area contributed by atoms with E-state index in [0.717, 1.165) is 12.0 Å². The first-order chi connectivity index (χ1) is 10.1. The number of aliphatic hydroxyl groups is 1. The van der Waals surface area contributed by atoms with Gasteiger partial charge < -0.3 is 20.5 Å². The Bertz CT molecular complexity index is 443. The number of rotatable bonds is 8. The first kappa shape index (κ1) is 17.8. The number of aliphatic hydroxyl groups excluding tert-OH is 1. The Balaban J connectivity index is 2.42. The topological polar surface area (TPSA) is 70.6 Å². The van der Waals surface area contributed by atoms with Crippen LogP contribution in [0.4, 0.5) is 4.79 Å². The Kier molecular flexibility index (Phi) is 8.12. The molecular weight excluding hydrogens is 292 g/mol. The molecule has 0 spiro atoms. The zero-order valence-corrected chi connectivity index (χ0v) is 13.2. The Morgan fingerprint density at radius 3 is 2.62 bits per heavy atom. The number of ether oxygens (including phenoxy) is 1. The van der Waals surface area contributed by atoms with Crippen molar-refractivity contribution in [1.29, 1.82) is 0 Å². The van der Waals surface area contributed by atoms with Crippen LogP contribution >= 0.6 is 11.6 Å². The Morgan fingerprint density at radius 2 is 2.00 bits per heavy atom. The lowest BCUT2D eigenvalue weighted by Gasteiger charge is -2.18.